The number of fused-ring (bicyclic) bond motifs is 5. The predicted octanol–water partition coefficient (Wildman–Crippen LogP) is 5.72. The van der Waals surface area contributed by atoms with E-state index in [2.05, 4.69) is 49.2 Å². The fraction of sp³-hybridized carbons (Fsp3) is 0.545. The van der Waals surface area contributed by atoms with Gasteiger partial charge in [0.1, 0.15) is 5.69 Å². The minimum Gasteiger partial charge on any atom is -0.394 e. The molecule has 1 amide bonds. The summed E-state index contributed by atoms with van der Waals surface area (Å²) in [7, 11) is 4.19. The molecule has 3 aromatic rings. The lowest BCUT2D eigenvalue weighted by Gasteiger charge is -2.36. The molecule has 1 aromatic heterocycles. The van der Waals surface area contributed by atoms with Gasteiger partial charge in [-0.1, -0.05) is 68.7 Å². The zero-order chi connectivity index (χ0) is 27.5. The van der Waals surface area contributed by atoms with E-state index in [4.69, 9.17) is 4.74 Å². The van der Waals surface area contributed by atoms with Gasteiger partial charge in [-0.15, -0.1) is 0 Å². The number of para-hydroxylation sites is 1. The van der Waals surface area contributed by atoms with Crippen LogP contribution in [-0.4, -0.2) is 70.8 Å². The van der Waals surface area contributed by atoms with Crippen LogP contribution in [-0.2, 0) is 18.4 Å². The van der Waals surface area contributed by atoms with Crippen molar-refractivity contribution >= 4 is 16.8 Å². The van der Waals surface area contributed by atoms with E-state index in [9.17, 15) is 9.90 Å². The zero-order valence-corrected chi connectivity index (χ0v) is 24.1. The lowest BCUT2D eigenvalue weighted by atomic mass is 9.89. The molecule has 2 aliphatic rings. The number of amides is 1. The van der Waals surface area contributed by atoms with Crippen LogP contribution in [0.4, 0.5) is 0 Å². The second kappa shape index (κ2) is 12.2. The van der Waals surface area contributed by atoms with Gasteiger partial charge in [0, 0.05) is 49.1 Å². The number of carbonyl (C=O) groups is 1. The van der Waals surface area contributed by atoms with Gasteiger partial charge in [0.15, 0.2) is 0 Å². The second-order valence-corrected chi connectivity index (χ2v) is 12.0. The first kappa shape index (κ1) is 27.9. The molecule has 1 aliphatic heterocycles. The van der Waals surface area contributed by atoms with Crippen LogP contribution in [0.25, 0.3) is 22.0 Å². The minimum atomic E-state index is -0.303. The highest BCUT2D eigenvalue weighted by Gasteiger charge is 2.33. The van der Waals surface area contributed by atoms with Crippen LogP contribution < -0.4 is 0 Å². The van der Waals surface area contributed by atoms with Crippen molar-refractivity contribution in [3.05, 3.63) is 59.8 Å². The molecule has 39 heavy (non-hydrogen) atoms. The monoisotopic (exact) mass is 531 g/mol. The summed E-state index contributed by atoms with van der Waals surface area (Å²) in [5, 5.41) is 11.3. The number of carbonyl (C=O) groups excluding carboxylic acids is 1. The second-order valence-electron chi connectivity index (χ2n) is 12.0. The summed E-state index contributed by atoms with van der Waals surface area (Å²) in [4.78, 5) is 18.8. The lowest BCUT2D eigenvalue weighted by molar-refractivity contribution is -0.0253. The molecule has 0 unspecified atom stereocenters. The van der Waals surface area contributed by atoms with E-state index in [-0.39, 0.29) is 30.6 Å². The van der Waals surface area contributed by atoms with Gasteiger partial charge in [-0.25, -0.2) is 0 Å². The Labute approximate surface area is 233 Å². The minimum absolute atomic E-state index is 0.0363. The van der Waals surface area contributed by atoms with Crippen molar-refractivity contribution in [2.24, 2.45) is 18.9 Å². The molecule has 2 heterocycles. The maximum atomic E-state index is 14.4. The molecule has 1 N–H and O–H groups in total. The van der Waals surface area contributed by atoms with Crippen LogP contribution >= 0.6 is 0 Å². The predicted molar refractivity (Wildman–Crippen MR) is 158 cm³/mol. The summed E-state index contributed by atoms with van der Waals surface area (Å²) in [6.45, 7) is 6.99. The first-order valence-corrected chi connectivity index (χ1v) is 14.8. The first-order chi connectivity index (χ1) is 18.9. The fourth-order valence-corrected chi connectivity index (χ4v) is 6.72. The maximum Gasteiger partial charge on any atom is 0.271 e. The molecule has 1 fully saturated rings. The molecule has 0 radical (unpaired) electrons. The molecular formula is C33H45N3O3. The van der Waals surface area contributed by atoms with Crippen LogP contribution in [0.2, 0.25) is 0 Å². The molecule has 1 aliphatic carbocycles. The number of ether oxygens (including phenoxy) is 1. The van der Waals surface area contributed by atoms with Crippen molar-refractivity contribution in [3.8, 4) is 11.1 Å². The summed E-state index contributed by atoms with van der Waals surface area (Å²) in [5.74, 6) is 0.820. The summed E-state index contributed by atoms with van der Waals surface area (Å²) < 4.78 is 8.78. The molecule has 1 saturated carbocycles. The number of nitrogens with zero attached hydrogens (tertiary/aromatic N) is 3. The number of rotatable bonds is 6. The molecule has 5 rings (SSSR count). The van der Waals surface area contributed by atoms with Crippen LogP contribution in [0.3, 0.4) is 0 Å². The highest BCUT2D eigenvalue weighted by Crippen LogP contribution is 2.38. The third-order valence-electron chi connectivity index (χ3n) is 9.01. The third kappa shape index (κ3) is 5.79. The maximum absolute atomic E-state index is 14.4. The fourth-order valence-electron chi connectivity index (χ4n) is 6.72. The number of benzene rings is 2. The number of hydrogen-bond donors (Lipinski definition) is 1. The van der Waals surface area contributed by atoms with Gasteiger partial charge in [-0.05, 0) is 49.9 Å². The van der Waals surface area contributed by atoms with Crippen molar-refractivity contribution in [1.29, 1.82) is 0 Å². The highest BCUT2D eigenvalue weighted by molar-refractivity contribution is 6.10. The number of likely N-dealkylation sites (N-methyl/N-ethyl adjacent to an activating group) is 1. The molecular weight excluding hydrogens is 486 g/mol. The Morgan fingerprint density at radius 3 is 2.54 bits per heavy atom. The average Bonchev–Trinajstić information content (AvgIpc) is 3.24. The largest absolute Gasteiger partial charge is 0.394 e. The van der Waals surface area contributed by atoms with Crippen molar-refractivity contribution in [2.75, 3.05) is 33.3 Å². The highest BCUT2D eigenvalue weighted by atomic mass is 16.5. The normalized spacial score (nSPS) is 22.0. The van der Waals surface area contributed by atoms with E-state index < -0.39 is 0 Å². The van der Waals surface area contributed by atoms with E-state index in [1.807, 2.05) is 41.6 Å². The topological polar surface area (TPSA) is 57.9 Å². The lowest BCUT2D eigenvalue weighted by Crippen LogP contribution is -2.47. The first-order valence-electron chi connectivity index (χ1n) is 14.8. The molecule has 3 atom stereocenters. The number of hydrogen-bond acceptors (Lipinski definition) is 4. The summed E-state index contributed by atoms with van der Waals surface area (Å²) in [6, 6.07) is 16.3. The Morgan fingerprint density at radius 1 is 1.05 bits per heavy atom. The van der Waals surface area contributed by atoms with Crippen LogP contribution in [0, 0.1) is 11.8 Å². The zero-order valence-electron chi connectivity index (χ0n) is 24.1. The quantitative estimate of drug-likeness (QED) is 0.442. The summed E-state index contributed by atoms with van der Waals surface area (Å²) >= 11 is 0. The Kier molecular flexibility index (Phi) is 8.75. The van der Waals surface area contributed by atoms with E-state index in [1.165, 1.54) is 32.1 Å². The van der Waals surface area contributed by atoms with Crippen molar-refractivity contribution in [1.82, 2.24) is 14.4 Å². The molecule has 210 valence electrons. The smallest absolute Gasteiger partial charge is 0.271 e. The van der Waals surface area contributed by atoms with E-state index in [0.29, 0.717) is 18.8 Å². The molecule has 6 heteroatoms. The van der Waals surface area contributed by atoms with E-state index >= 15 is 0 Å². The molecule has 0 saturated heterocycles. The van der Waals surface area contributed by atoms with Gasteiger partial charge >= 0.3 is 0 Å². The number of aliphatic hydroxyl groups is 1. The van der Waals surface area contributed by atoms with E-state index in [1.54, 1.807) is 0 Å². The SMILES string of the molecule is C[C@@H]1CN([C@@H](C)CO)C(=O)c2c(c3ccccc3n2C)-c2ccccc2CO[C@H]1CN(C)CC1CCCCC1. The third-order valence-corrected chi connectivity index (χ3v) is 9.01. The van der Waals surface area contributed by atoms with Crippen molar-refractivity contribution in [3.63, 3.8) is 0 Å². The van der Waals surface area contributed by atoms with Gasteiger partial charge < -0.3 is 24.2 Å². The van der Waals surface area contributed by atoms with Gasteiger partial charge in [0.2, 0.25) is 0 Å². The van der Waals surface area contributed by atoms with Crippen molar-refractivity contribution < 1.29 is 14.6 Å². The Bertz CT molecular complexity index is 1280. The Morgan fingerprint density at radius 2 is 1.77 bits per heavy atom. The molecule has 2 aromatic carbocycles. The molecule has 6 nitrogen and oxygen atoms in total. The molecule has 0 spiro atoms. The summed E-state index contributed by atoms with van der Waals surface area (Å²) in [5.41, 5.74) is 4.78. The standard InChI is InChI=1S/C33H45N3O3/c1-23-18-36(24(2)21-37)33(38)32-31(28-16-10-11-17-29(28)35(32)4)27-15-9-8-14-26(27)22-39-30(23)20-34(3)19-25-12-6-5-7-13-25/h8-11,14-17,23-25,30,37H,5-7,12-13,18-22H2,1-4H3/t23-,24+,30+/m1/s1. The van der Waals surface area contributed by atoms with Gasteiger partial charge in [0.25, 0.3) is 5.91 Å². The van der Waals surface area contributed by atoms with Gasteiger partial charge in [0.05, 0.1) is 25.4 Å². The average molecular weight is 532 g/mol. The number of aliphatic hydroxyl groups excluding tert-OH is 1. The summed E-state index contributed by atoms with van der Waals surface area (Å²) in [6.07, 6.45) is 6.66. The van der Waals surface area contributed by atoms with Crippen LogP contribution in [0.5, 0.6) is 0 Å². The Hall–Kier alpha value is -2.67. The molecule has 0 bridgehead atoms. The number of aryl methyl sites for hydroxylation is 1. The Balaban J connectivity index is 1.55. The van der Waals surface area contributed by atoms with E-state index in [0.717, 1.165) is 46.6 Å². The van der Waals surface area contributed by atoms with Gasteiger partial charge in [-0.2, -0.15) is 0 Å². The van der Waals surface area contributed by atoms with Crippen LogP contribution in [0.15, 0.2) is 48.5 Å². The van der Waals surface area contributed by atoms with Crippen molar-refractivity contribution in [2.45, 2.75) is 64.7 Å². The van der Waals surface area contributed by atoms with Crippen LogP contribution in [0.1, 0.15) is 62.0 Å². The number of aromatic nitrogens is 1. The van der Waals surface area contributed by atoms with Gasteiger partial charge in [-0.3, -0.25) is 4.79 Å².